The fourth-order valence-corrected chi connectivity index (χ4v) is 2.63. The number of rotatable bonds is 4. The van der Waals surface area contributed by atoms with Gasteiger partial charge in [0.25, 0.3) is 5.91 Å². The van der Waals surface area contributed by atoms with Gasteiger partial charge in [-0.25, -0.2) is 0 Å². The molecule has 0 spiro atoms. The maximum atomic E-state index is 11.8. The summed E-state index contributed by atoms with van der Waals surface area (Å²) in [6.07, 6.45) is 6.45. The Kier molecular flexibility index (Phi) is 4.88. The first-order valence-electron chi connectivity index (χ1n) is 7.32. The first kappa shape index (κ1) is 14.7. The van der Waals surface area contributed by atoms with Gasteiger partial charge in [-0.3, -0.25) is 4.79 Å². The van der Waals surface area contributed by atoms with Gasteiger partial charge in [-0.15, -0.1) is 0 Å². The smallest absolute Gasteiger partial charge is 0.253 e. The fraction of sp³-hybridized carbons (Fsp3) is 0.562. The number of carbonyl (C=O) groups excluding carboxylic acids is 1. The molecule has 0 bridgehead atoms. The van der Waals surface area contributed by atoms with Crippen molar-refractivity contribution in [3.63, 3.8) is 0 Å². The second kappa shape index (κ2) is 6.64. The van der Waals surface area contributed by atoms with Gasteiger partial charge in [-0.05, 0) is 37.0 Å². The number of anilines is 1. The van der Waals surface area contributed by atoms with Crippen molar-refractivity contribution in [3.8, 4) is 5.75 Å². The number of ether oxygens (including phenoxy) is 1. The van der Waals surface area contributed by atoms with E-state index in [1.807, 2.05) is 0 Å². The first-order chi connectivity index (χ1) is 9.58. The largest absolute Gasteiger partial charge is 0.491 e. The molecular formula is C16H24N2O2. The van der Waals surface area contributed by atoms with Crippen molar-refractivity contribution < 1.29 is 9.53 Å². The molecule has 4 nitrogen and oxygen atoms in total. The van der Waals surface area contributed by atoms with Crippen LogP contribution in [0.1, 0.15) is 42.5 Å². The Morgan fingerprint density at radius 3 is 2.60 bits per heavy atom. The summed E-state index contributed by atoms with van der Waals surface area (Å²) in [6.45, 7) is 0.727. The Balaban J connectivity index is 1.97. The molecule has 1 aromatic carbocycles. The molecule has 0 radical (unpaired) electrons. The summed E-state index contributed by atoms with van der Waals surface area (Å²) < 4.78 is 5.82. The molecule has 20 heavy (non-hydrogen) atoms. The van der Waals surface area contributed by atoms with Gasteiger partial charge in [-0.1, -0.05) is 19.3 Å². The summed E-state index contributed by atoms with van der Waals surface area (Å²) in [4.78, 5) is 13.4. The monoisotopic (exact) mass is 276 g/mol. The van der Waals surface area contributed by atoms with Gasteiger partial charge < -0.3 is 15.4 Å². The molecule has 0 saturated heterocycles. The second-order valence-electron chi connectivity index (χ2n) is 5.77. The molecule has 0 aliphatic heterocycles. The van der Waals surface area contributed by atoms with Crippen LogP contribution >= 0.6 is 0 Å². The van der Waals surface area contributed by atoms with E-state index in [0.717, 1.165) is 6.61 Å². The van der Waals surface area contributed by atoms with E-state index in [1.54, 1.807) is 32.3 Å². The van der Waals surface area contributed by atoms with E-state index in [9.17, 15) is 4.79 Å². The van der Waals surface area contributed by atoms with E-state index < -0.39 is 0 Å². The summed E-state index contributed by atoms with van der Waals surface area (Å²) in [5.74, 6) is 1.28. The van der Waals surface area contributed by atoms with Crippen LogP contribution in [0.3, 0.4) is 0 Å². The minimum absolute atomic E-state index is 0.0458. The molecule has 0 atom stereocenters. The Morgan fingerprint density at radius 2 is 2.00 bits per heavy atom. The van der Waals surface area contributed by atoms with Gasteiger partial charge >= 0.3 is 0 Å². The van der Waals surface area contributed by atoms with E-state index in [1.165, 1.54) is 37.0 Å². The van der Waals surface area contributed by atoms with Crippen molar-refractivity contribution in [1.29, 1.82) is 0 Å². The van der Waals surface area contributed by atoms with Gasteiger partial charge in [0.15, 0.2) is 0 Å². The quantitative estimate of drug-likeness (QED) is 0.860. The summed E-state index contributed by atoms with van der Waals surface area (Å²) in [6, 6.07) is 5.27. The molecule has 1 saturated carbocycles. The topological polar surface area (TPSA) is 55.6 Å². The number of nitrogens with zero attached hydrogens (tertiary/aromatic N) is 1. The van der Waals surface area contributed by atoms with Crippen molar-refractivity contribution >= 4 is 11.6 Å². The highest BCUT2D eigenvalue weighted by Crippen LogP contribution is 2.27. The van der Waals surface area contributed by atoms with Crippen molar-refractivity contribution in [2.75, 3.05) is 26.4 Å². The minimum Gasteiger partial charge on any atom is -0.491 e. The summed E-state index contributed by atoms with van der Waals surface area (Å²) in [5.41, 5.74) is 7.11. The molecule has 1 aromatic rings. The van der Waals surface area contributed by atoms with E-state index in [-0.39, 0.29) is 5.91 Å². The molecule has 0 heterocycles. The maximum Gasteiger partial charge on any atom is 0.253 e. The van der Waals surface area contributed by atoms with Gasteiger partial charge in [-0.2, -0.15) is 0 Å². The second-order valence-corrected chi connectivity index (χ2v) is 5.77. The average Bonchev–Trinajstić information content (AvgIpc) is 2.46. The molecule has 2 N–H and O–H groups in total. The van der Waals surface area contributed by atoms with Crippen LogP contribution < -0.4 is 10.5 Å². The molecule has 1 aliphatic rings. The van der Waals surface area contributed by atoms with Crippen molar-refractivity contribution in [2.24, 2.45) is 5.92 Å². The van der Waals surface area contributed by atoms with Gasteiger partial charge in [0, 0.05) is 19.7 Å². The SMILES string of the molecule is CN(C)C(=O)c1ccc(OCC2CCCCC2)c(N)c1. The van der Waals surface area contributed by atoms with Crippen LogP contribution in [0.5, 0.6) is 5.75 Å². The Hall–Kier alpha value is -1.71. The lowest BCUT2D eigenvalue weighted by molar-refractivity contribution is 0.0827. The molecule has 2 rings (SSSR count). The maximum absolute atomic E-state index is 11.8. The van der Waals surface area contributed by atoms with E-state index >= 15 is 0 Å². The van der Waals surface area contributed by atoms with Gasteiger partial charge in [0.05, 0.1) is 12.3 Å². The lowest BCUT2D eigenvalue weighted by atomic mass is 9.90. The van der Waals surface area contributed by atoms with E-state index in [2.05, 4.69) is 0 Å². The zero-order chi connectivity index (χ0) is 14.5. The molecule has 1 amide bonds. The fourth-order valence-electron chi connectivity index (χ4n) is 2.63. The number of nitrogens with two attached hydrogens (primary N) is 1. The lowest BCUT2D eigenvalue weighted by Crippen LogP contribution is -2.21. The van der Waals surface area contributed by atoms with Crippen molar-refractivity contribution in [3.05, 3.63) is 23.8 Å². The highest BCUT2D eigenvalue weighted by molar-refractivity contribution is 5.95. The van der Waals surface area contributed by atoms with Crippen molar-refractivity contribution in [1.82, 2.24) is 4.90 Å². The third-order valence-corrected chi connectivity index (χ3v) is 3.86. The zero-order valence-corrected chi connectivity index (χ0v) is 12.4. The van der Waals surface area contributed by atoms with E-state index in [4.69, 9.17) is 10.5 Å². The molecule has 0 aromatic heterocycles. The minimum atomic E-state index is -0.0458. The first-order valence-corrected chi connectivity index (χ1v) is 7.32. The third-order valence-electron chi connectivity index (χ3n) is 3.86. The average molecular weight is 276 g/mol. The van der Waals surface area contributed by atoms with Crippen LogP contribution in [0.4, 0.5) is 5.69 Å². The number of amides is 1. The highest BCUT2D eigenvalue weighted by atomic mass is 16.5. The number of nitrogen functional groups attached to an aromatic ring is 1. The van der Waals surface area contributed by atoms with Crippen LogP contribution in [0.15, 0.2) is 18.2 Å². The molecule has 0 unspecified atom stereocenters. The van der Waals surface area contributed by atoms with Crippen LogP contribution in [-0.4, -0.2) is 31.5 Å². The van der Waals surface area contributed by atoms with Crippen molar-refractivity contribution in [2.45, 2.75) is 32.1 Å². The molecule has 1 aliphatic carbocycles. The van der Waals surface area contributed by atoms with E-state index in [0.29, 0.717) is 22.9 Å². The molecular weight excluding hydrogens is 252 g/mol. The third kappa shape index (κ3) is 3.65. The van der Waals surface area contributed by atoms with Crippen LogP contribution in [0.2, 0.25) is 0 Å². The predicted octanol–water partition coefficient (Wildman–Crippen LogP) is 2.93. The Labute approximate surface area is 120 Å². The molecule has 110 valence electrons. The number of benzene rings is 1. The lowest BCUT2D eigenvalue weighted by Gasteiger charge is -2.22. The summed E-state index contributed by atoms with van der Waals surface area (Å²) in [7, 11) is 3.46. The zero-order valence-electron chi connectivity index (χ0n) is 12.4. The molecule has 4 heteroatoms. The van der Waals surface area contributed by atoms with Crippen LogP contribution in [-0.2, 0) is 0 Å². The summed E-state index contributed by atoms with van der Waals surface area (Å²) in [5, 5.41) is 0. The van der Waals surface area contributed by atoms with Gasteiger partial charge in [0.1, 0.15) is 5.75 Å². The number of carbonyl (C=O) groups is 1. The van der Waals surface area contributed by atoms with Crippen LogP contribution in [0.25, 0.3) is 0 Å². The number of hydrogen-bond acceptors (Lipinski definition) is 3. The Bertz CT molecular complexity index is 466. The highest BCUT2D eigenvalue weighted by Gasteiger charge is 2.15. The number of hydrogen-bond donors (Lipinski definition) is 1. The standard InChI is InChI=1S/C16H24N2O2/c1-18(2)16(19)13-8-9-15(14(17)10-13)20-11-12-6-4-3-5-7-12/h8-10,12H,3-7,11,17H2,1-2H3. The van der Waals surface area contributed by atoms with Gasteiger partial charge in [0.2, 0.25) is 0 Å². The normalized spacial score (nSPS) is 15.9. The Morgan fingerprint density at radius 1 is 1.30 bits per heavy atom. The molecule has 1 fully saturated rings. The predicted molar refractivity (Wildman–Crippen MR) is 80.9 cm³/mol. The summed E-state index contributed by atoms with van der Waals surface area (Å²) >= 11 is 0. The van der Waals surface area contributed by atoms with Crippen LogP contribution in [0, 0.1) is 5.92 Å².